The standard InChI is InChI=1S/C20H35N9O5S/c1-10(2)15(29-16(30)12(21)4-3-5-25-20(22)23)18(32)28-14(8-35)17(31)27-13(19(33)34)6-11-7-24-9-26-11/h7,9-10,12-15,35H,3-6,8,21H2,1-2H3,(H,24,26)(H,27,31)(H,28,32)(H,29,30)(H,33,34)(H4,22,23,25). The van der Waals surface area contributed by atoms with E-state index in [2.05, 4.69) is 43.5 Å². The molecule has 0 aliphatic rings. The van der Waals surface area contributed by atoms with E-state index in [9.17, 15) is 24.3 Å². The van der Waals surface area contributed by atoms with Gasteiger partial charge in [-0.2, -0.15) is 12.6 Å². The van der Waals surface area contributed by atoms with Crippen LogP contribution in [-0.4, -0.2) is 81.2 Å². The predicted octanol–water partition coefficient (Wildman–Crippen LogP) is -2.54. The van der Waals surface area contributed by atoms with Crippen LogP contribution in [0.2, 0.25) is 0 Å². The number of aromatic amines is 1. The SMILES string of the molecule is CC(C)C(NC(=O)C(N)CCCN=C(N)N)C(=O)NC(CS)C(=O)NC(Cc1cnc[nH]1)C(=O)O. The monoisotopic (exact) mass is 513 g/mol. The number of carbonyl (C=O) groups excluding carboxylic acids is 3. The number of hydrogen-bond acceptors (Lipinski definition) is 8. The molecule has 11 N–H and O–H groups in total. The molecule has 1 heterocycles. The molecular formula is C20H35N9O5S. The smallest absolute Gasteiger partial charge is 0.326 e. The zero-order valence-electron chi connectivity index (χ0n) is 19.7. The van der Waals surface area contributed by atoms with Crippen LogP contribution in [-0.2, 0) is 25.6 Å². The highest BCUT2D eigenvalue weighted by Gasteiger charge is 2.31. The molecule has 1 rings (SSSR count). The van der Waals surface area contributed by atoms with Gasteiger partial charge in [0.2, 0.25) is 17.7 Å². The molecule has 0 saturated carbocycles. The molecule has 4 atom stereocenters. The third-order valence-corrected chi connectivity index (χ3v) is 5.33. The molecule has 0 radical (unpaired) electrons. The van der Waals surface area contributed by atoms with Crippen molar-refractivity contribution in [3.63, 3.8) is 0 Å². The Hall–Kier alpha value is -3.33. The number of rotatable bonds is 15. The van der Waals surface area contributed by atoms with E-state index < -0.39 is 47.9 Å². The lowest BCUT2D eigenvalue weighted by Gasteiger charge is -2.26. The van der Waals surface area contributed by atoms with Crippen LogP contribution in [0.3, 0.4) is 0 Å². The number of carboxylic acid groups (broad SMARTS) is 1. The number of hydrogen-bond donors (Lipinski definition) is 9. The van der Waals surface area contributed by atoms with Crippen molar-refractivity contribution in [1.29, 1.82) is 0 Å². The fourth-order valence-corrected chi connectivity index (χ4v) is 3.25. The number of guanidine groups is 1. The quantitative estimate of drug-likeness (QED) is 0.0518. The van der Waals surface area contributed by atoms with Crippen molar-refractivity contribution in [3.8, 4) is 0 Å². The number of carbonyl (C=O) groups is 4. The van der Waals surface area contributed by atoms with Gasteiger partial charge < -0.3 is 43.2 Å². The first-order valence-electron chi connectivity index (χ1n) is 11.0. The molecule has 1 aromatic rings. The number of aromatic nitrogens is 2. The maximum atomic E-state index is 12.9. The van der Waals surface area contributed by atoms with Crippen LogP contribution in [0.5, 0.6) is 0 Å². The third-order valence-electron chi connectivity index (χ3n) is 4.96. The van der Waals surface area contributed by atoms with E-state index in [1.54, 1.807) is 13.8 Å². The number of aliphatic imine (C=N–C) groups is 1. The molecule has 0 bridgehead atoms. The fourth-order valence-electron chi connectivity index (χ4n) is 2.99. The molecule has 0 spiro atoms. The number of thiol groups is 1. The number of nitrogens with one attached hydrogen (secondary N) is 4. The Morgan fingerprint density at radius 3 is 2.29 bits per heavy atom. The maximum Gasteiger partial charge on any atom is 0.326 e. The summed E-state index contributed by atoms with van der Waals surface area (Å²) in [5.74, 6) is -3.64. The van der Waals surface area contributed by atoms with Crippen LogP contribution < -0.4 is 33.2 Å². The molecule has 0 saturated heterocycles. The lowest BCUT2D eigenvalue weighted by molar-refractivity contribution is -0.142. The number of imidazole rings is 1. The summed E-state index contributed by atoms with van der Waals surface area (Å²) in [7, 11) is 0. The second-order valence-corrected chi connectivity index (χ2v) is 8.57. The van der Waals surface area contributed by atoms with Gasteiger partial charge in [-0.05, 0) is 18.8 Å². The minimum atomic E-state index is -1.25. The minimum absolute atomic E-state index is 0.0277. The summed E-state index contributed by atoms with van der Waals surface area (Å²) in [6, 6.07) is -4.26. The van der Waals surface area contributed by atoms with Gasteiger partial charge in [-0.15, -0.1) is 0 Å². The fraction of sp³-hybridized carbons (Fsp3) is 0.600. The van der Waals surface area contributed by atoms with E-state index >= 15 is 0 Å². The Morgan fingerprint density at radius 1 is 1.11 bits per heavy atom. The molecule has 0 aromatic carbocycles. The molecule has 3 amide bonds. The van der Waals surface area contributed by atoms with E-state index in [0.717, 1.165) is 0 Å². The zero-order valence-corrected chi connectivity index (χ0v) is 20.6. The number of nitrogens with zero attached hydrogens (tertiary/aromatic N) is 2. The van der Waals surface area contributed by atoms with Crippen LogP contribution >= 0.6 is 12.6 Å². The molecule has 35 heavy (non-hydrogen) atoms. The Balaban J connectivity index is 2.74. The van der Waals surface area contributed by atoms with E-state index in [1.165, 1.54) is 12.5 Å². The highest BCUT2D eigenvalue weighted by molar-refractivity contribution is 7.80. The van der Waals surface area contributed by atoms with Gasteiger partial charge in [-0.25, -0.2) is 9.78 Å². The molecular weight excluding hydrogens is 478 g/mol. The molecule has 15 heteroatoms. The van der Waals surface area contributed by atoms with Crippen LogP contribution in [0.1, 0.15) is 32.4 Å². The molecule has 4 unspecified atom stereocenters. The normalized spacial score (nSPS) is 14.3. The zero-order chi connectivity index (χ0) is 26.5. The summed E-state index contributed by atoms with van der Waals surface area (Å²) in [4.78, 5) is 60.0. The second kappa shape index (κ2) is 14.8. The maximum absolute atomic E-state index is 12.9. The Labute approximate surface area is 208 Å². The van der Waals surface area contributed by atoms with Crippen molar-refractivity contribution in [2.45, 2.75) is 57.3 Å². The van der Waals surface area contributed by atoms with E-state index in [0.29, 0.717) is 25.1 Å². The molecule has 1 aromatic heterocycles. The van der Waals surface area contributed by atoms with Gasteiger partial charge in [0, 0.05) is 30.6 Å². The van der Waals surface area contributed by atoms with Crippen molar-refractivity contribution in [3.05, 3.63) is 18.2 Å². The second-order valence-electron chi connectivity index (χ2n) is 8.21. The largest absolute Gasteiger partial charge is 0.480 e. The molecule has 0 fully saturated rings. The first-order valence-corrected chi connectivity index (χ1v) is 11.6. The van der Waals surface area contributed by atoms with Crippen molar-refractivity contribution >= 4 is 42.3 Å². The topological polar surface area (TPSA) is 244 Å². The highest BCUT2D eigenvalue weighted by Crippen LogP contribution is 2.06. The van der Waals surface area contributed by atoms with Gasteiger partial charge in [-0.1, -0.05) is 13.8 Å². The van der Waals surface area contributed by atoms with E-state index in [1.807, 2.05) is 0 Å². The highest BCUT2D eigenvalue weighted by atomic mass is 32.1. The predicted molar refractivity (Wildman–Crippen MR) is 132 cm³/mol. The summed E-state index contributed by atoms with van der Waals surface area (Å²) in [5.41, 5.74) is 16.9. The van der Waals surface area contributed by atoms with Crippen molar-refractivity contribution in [1.82, 2.24) is 25.9 Å². The van der Waals surface area contributed by atoms with Gasteiger partial charge in [0.1, 0.15) is 18.1 Å². The molecule has 196 valence electrons. The van der Waals surface area contributed by atoms with Crippen LogP contribution in [0, 0.1) is 5.92 Å². The summed E-state index contributed by atoms with van der Waals surface area (Å²) >= 11 is 4.10. The number of carboxylic acids is 1. The molecule has 0 aliphatic heterocycles. The lowest BCUT2D eigenvalue weighted by atomic mass is 10.0. The average molecular weight is 514 g/mol. The first-order chi connectivity index (χ1) is 16.5. The van der Waals surface area contributed by atoms with Crippen molar-refractivity contribution in [2.75, 3.05) is 12.3 Å². The van der Waals surface area contributed by atoms with Crippen molar-refractivity contribution < 1.29 is 24.3 Å². The summed E-state index contributed by atoms with van der Waals surface area (Å²) in [6.07, 6.45) is 3.57. The van der Waals surface area contributed by atoms with Gasteiger partial charge >= 0.3 is 5.97 Å². The van der Waals surface area contributed by atoms with Crippen LogP contribution in [0.25, 0.3) is 0 Å². The van der Waals surface area contributed by atoms with Gasteiger partial charge in [0.25, 0.3) is 0 Å². The lowest BCUT2D eigenvalue weighted by Crippen LogP contribution is -2.59. The summed E-state index contributed by atoms with van der Waals surface area (Å²) in [5, 5.41) is 16.9. The summed E-state index contributed by atoms with van der Waals surface area (Å²) in [6.45, 7) is 3.75. The number of nitrogens with two attached hydrogens (primary N) is 3. The summed E-state index contributed by atoms with van der Waals surface area (Å²) < 4.78 is 0. The number of amides is 3. The van der Waals surface area contributed by atoms with E-state index in [-0.39, 0.29) is 24.1 Å². The average Bonchev–Trinajstić information content (AvgIpc) is 3.30. The first kappa shape index (κ1) is 29.7. The van der Waals surface area contributed by atoms with Gasteiger partial charge in [0.05, 0.1) is 12.4 Å². The minimum Gasteiger partial charge on any atom is -0.480 e. The Kier molecular flexibility index (Phi) is 12.6. The van der Waals surface area contributed by atoms with Gasteiger partial charge in [-0.3, -0.25) is 19.4 Å². The third kappa shape index (κ3) is 10.6. The Morgan fingerprint density at radius 2 is 1.77 bits per heavy atom. The van der Waals surface area contributed by atoms with E-state index in [4.69, 9.17) is 17.2 Å². The van der Waals surface area contributed by atoms with Crippen LogP contribution in [0.15, 0.2) is 17.5 Å². The molecule has 14 nitrogen and oxygen atoms in total. The van der Waals surface area contributed by atoms with Gasteiger partial charge in [0.15, 0.2) is 5.96 Å². The van der Waals surface area contributed by atoms with Crippen molar-refractivity contribution in [2.24, 2.45) is 28.1 Å². The number of H-pyrrole nitrogens is 1. The Bertz CT molecular complexity index is 874. The number of aliphatic carboxylic acids is 1. The molecule has 0 aliphatic carbocycles. The van der Waals surface area contributed by atoms with Crippen LogP contribution in [0.4, 0.5) is 0 Å².